The molecule has 27 heavy (non-hydrogen) atoms. The van der Waals surface area contributed by atoms with Gasteiger partial charge in [-0.2, -0.15) is 0 Å². The molecule has 4 rings (SSSR count). The first kappa shape index (κ1) is 18.1. The quantitative estimate of drug-likeness (QED) is 0.778. The van der Waals surface area contributed by atoms with Crippen LogP contribution in [0.1, 0.15) is 45.6 Å². The Morgan fingerprint density at radius 1 is 1.30 bits per heavy atom. The number of aliphatic hydroxyl groups is 1. The third-order valence-electron chi connectivity index (χ3n) is 6.49. The number of aliphatic hydroxyl groups excluding tert-OH is 1. The van der Waals surface area contributed by atoms with E-state index in [1.54, 1.807) is 6.08 Å². The number of rotatable bonds is 4. The highest BCUT2D eigenvalue weighted by Gasteiger charge is 2.71. The normalized spacial score (nSPS) is 30.4. The van der Waals surface area contributed by atoms with Crippen molar-refractivity contribution in [2.45, 2.75) is 51.7 Å². The van der Waals surface area contributed by atoms with E-state index in [4.69, 9.17) is 9.47 Å². The molecule has 1 aromatic rings. The van der Waals surface area contributed by atoms with Gasteiger partial charge in [0.25, 0.3) is 0 Å². The standard InChI is InChI=1S/C23H26O4/c1-15(13-17-7-5-4-6-8-17)14-19-16(2)23(10-11-23)22(3)20(18(19)9-12-24)26-21(25)27-22/h4-9,13,20,24H,10-12,14H2,1-3H3/t20?,22-/m0/s1. The molecule has 0 amide bonds. The van der Waals surface area contributed by atoms with E-state index in [2.05, 4.69) is 32.1 Å². The van der Waals surface area contributed by atoms with E-state index < -0.39 is 17.9 Å². The fourth-order valence-electron chi connectivity index (χ4n) is 4.93. The molecule has 142 valence electrons. The lowest BCUT2D eigenvalue weighted by Crippen LogP contribution is -2.50. The number of fused-ring (bicyclic) bond motifs is 2. The van der Waals surface area contributed by atoms with Gasteiger partial charge in [-0.15, -0.1) is 0 Å². The van der Waals surface area contributed by atoms with Crippen molar-refractivity contribution in [3.63, 3.8) is 0 Å². The minimum atomic E-state index is -0.685. The predicted octanol–water partition coefficient (Wildman–Crippen LogP) is 4.80. The van der Waals surface area contributed by atoms with Crippen LogP contribution in [-0.2, 0) is 9.47 Å². The first-order valence-electron chi connectivity index (χ1n) is 9.54. The van der Waals surface area contributed by atoms with E-state index >= 15 is 0 Å². The molecule has 0 bridgehead atoms. The van der Waals surface area contributed by atoms with Gasteiger partial charge in [-0.05, 0) is 56.7 Å². The number of carbonyl (C=O) groups excluding carboxylic acids is 1. The Kier molecular flexibility index (Phi) is 4.26. The Morgan fingerprint density at radius 2 is 2.00 bits per heavy atom. The maximum atomic E-state index is 12.0. The highest BCUT2D eigenvalue weighted by molar-refractivity contribution is 5.68. The molecule has 0 radical (unpaired) electrons. The van der Waals surface area contributed by atoms with Crippen molar-refractivity contribution in [3.05, 3.63) is 64.3 Å². The van der Waals surface area contributed by atoms with Crippen LogP contribution in [0.5, 0.6) is 0 Å². The number of benzene rings is 1. The minimum absolute atomic E-state index is 0.0926. The Balaban J connectivity index is 1.75. The zero-order chi connectivity index (χ0) is 19.2. The van der Waals surface area contributed by atoms with Gasteiger partial charge in [0.05, 0.1) is 6.61 Å². The van der Waals surface area contributed by atoms with Crippen molar-refractivity contribution in [3.8, 4) is 0 Å². The number of allylic oxidation sites excluding steroid dienone is 1. The number of hydrogen-bond donors (Lipinski definition) is 1. The molecule has 2 fully saturated rings. The summed E-state index contributed by atoms with van der Waals surface area (Å²) in [5.41, 5.74) is 4.89. The molecule has 4 heteroatoms. The van der Waals surface area contributed by atoms with Gasteiger partial charge in [0.2, 0.25) is 0 Å². The van der Waals surface area contributed by atoms with Crippen molar-refractivity contribution >= 4 is 12.2 Å². The van der Waals surface area contributed by atoms with Crippen LogP contribution >= 0.6 is 0 Å². The summed E-state index contributed by atoms with van der Waals surface area (Å²) in [7, 11) is 0. The van der Waals surface area contributed by atoms with E-state index in [0.29, 0.717) is 0 Å². The summed E-state index contributed by atoms with van der Waals surface area (Å²) in [4.78, 5) is 12.0. The topological polar surface area (TPSA) is 55.8 Å². The molecule has 1 unspecified atom stereocenters. The first-order valence-corrected chi connectivity index (χ1v) is 9.54. The second-order valence-electron chi connectivity index (χ2n) is 8.06. The summed E-state index contributed by atoms with van der Waals surface area (Å²) in [5, 5.41) is 9.61. The van der Waals surface area contributed by atoms with Crippen LogP contribution in [-0.4, -0.2) is 29.6 Å². The molecule has 0 aromatic heterocycles. The van der Waals surface area contributed by atoms with Crippen LogP contribution in [0.3, 0.4) is 0 Å². The predicted molar refractivity (Wildman–Crippen MR) is 104 cm³/mol. The Labute approximate surface area is 160 Å². The summed E-state index contributed by atoms with van der Waals surface area (Å²) in [6.07, 6.45) is 5.65. The molecule has 1 N–H and O–H groups in total. The maximum absolute atomic E-state index is 12.0. The van der Waals surface area contributed by atoms with Crippen LogP contribution in [0.15, 0.2) is 58.7 Å². The van der Waals surface area contributed by atoms with Gasteiger partial charge < -0.3 is 14.6 Å². The molecule has 2 atom stereocenters. The number of ether oxygens (including phenoxy) is 2. The van der Waals surface area contributed by atoms with E-state index in [-0.39, 0.29) is 12.0 Å². The summed E-state index contributed by atoms with van der Waals surface area (Å²) in [5.74, 6) is 0. The van der Waals surface area contributed by atoms with Gasteiger partial charge in [-0.25, -0.2) is 4.79 Å². The Morgan fingerprint density at radius 3 is 2.63 bits per heavy atom. The molecule has 1 aromatic carbocycles. The van der Waals surface area contributed by atoms with E-state index in [1.165, 1.54) is 22.3 Å². The van der Waals surface area contributed by atoms with E-state index in [1.807, 2.05) is 25.1 Å². The van der Waals surface area contributed by atoms with Gasteiger partial charge >= 0.3 is 6.16 Å². The van der Waals surface area contributed by atoms with E-state index in [0.717, 1.165) is 24.8 Å². The van der Waals surface area contributed by atoms with Crippen LogP contribution in [0, 0.1) is 5.41 Å². The van der Waals surface area contributed by atoms with Crippen molar-refractivity contribution in [2.75, 3.05) is 6.61 Å². The molecule has 1 saturated carbocycles. The average molecular weight is 366 g/mol. The molecule has 1 spiro atoms. The lowest BCUT2D eigenvalue weighted by Gasteiger charge is -2.43. The number of carbonyl (C=O) groups is 1. The summed E-state index contributed by atoms with van der Waals surface area (Å²) >= 11 is 0. The van der Waals surface area contributed by atoms with Gasteiger partial charge in [0.15, 0.2) is 11.7 Å². The highest BCUT2D eigenvalue weighted by Crippen LogP contribution is 2.68. The minimum Gasteiger partial charge on any atom is -0.423 e. The van der Waals surface area contributed by atoms with Crippen molar-refractivity contribution < 1.29 is 19.4 Å². The molecular formula is C23H26O4. The summed E-state index contributed by atoms with van der Waals surface area (Å²) in [6, 6.07) is 10.2. The monoisotopic (exact) mass is 366 g/mol. The third-order valence-corrected chi connectivity index (χ3v) is 6.49. The first-order chi connectivity index (χ1) is 12.9. The van der Waals surface area contributed by atoms with Crippen molar-refractivity contribution in [1.29, 1.82) is 0 Å². The van der Waals surface area contributed by atoms with Crippen LogP contribution in [0.25, 0.3) is 6.08 Å². The van der Waals surface area contributed by atoms with Gasteiger partial charge in [-0.1, -0.05) is 53.6 Å². The molecule has 1 heterocycles. The van der Waals surface area contributed by atoms with Crippen LogP contribution < -0.4 is 0 Å². The van der Waals surface area contributed by atoms with Gasteiger partial charge in [0, 0.05) is 5.41 Å². The second-order valence-corrected chi connectivity index (χ2v) is 8.06. The molecule has 2 aliphatic carbocycles. The smallest absolute Gasteiger partial charge is 0.423 e. The fourth-order valence-corrected chi connectivity index (χ4v) is 4.93. The lowest BCUT2D eigenvalue weighted by atomic mass is 9.65. The Hall–Kier alpha value is -2.33. The fraction of sp³-hybridized carbons (Fsp3) is 0.435. The van der Waals surface area contributed by atoms with Crippen molar-refractivity contribution in [2.24, 2.45) is 5.41 Å². The second kappa shape index (κ2) is 6.38. The lowest BCUT2D eigenvalue weighted by molar-refractivity contribution is -0.00198. The van der Waals surface area contributed by atoms with Crippen LogP contribution in [0.4, 0.5) is 4.79 Å². The van der Waals surface area contributed by atoms with Gasteiger partial charge in [0.1, 0.15) is 0 Å². The Bertz CT molecular complexity index is 858. The average Bonchev–Trinajstić information content (AvgIpc) is 3.38. The number of hydrogen-bond acceptors (Lipinski definition) is 4. The van der Waals surface area contributed by atoms with E-state index in [9.17, 15) is 9.90 Å². The summed E-state index contributed by atoms with van der Waals surface area (Å²) in [6.45, 7) is 6.16. The van der Waals surface area contributed by atoms with Crippen LogP contribution in [0.2, 0.25) is 0 Å². The van der Waals surface area contributed by atoms with Crippen molar-refractivity contribution in [1.82, 2.24) is 0 Å². The molecule has 1 saturated heterocycles. The zero-order valence-corrected chi connectivity index (χ0v) is 16.1. The van der Waals surface area contributed by atoms with Gasteiger partial charge in [-0.3, -0.25) is 0 Å². The SMILES string of the molecule is CC(=Cc1ccccc1)CC1=C(C)C2(CC2)[C@@]2(C)OC(=O)OC2C1=CCO. The zero-order valence-electron chi connectivity index (χ0n) is 16.1. The molecule has 1 aliphatic heterocycles. The molecule has 3 aliphatic rings. The highest BCUT2D eigenvalue weighted by atomic mass is 16.8. The summed E-state index contributed by atoms with van der Waals surface area (Å²) < 4.78 is 11.3. The molecular weight excluding hydrogens is 340 g/mol. The molecule has 4 nitrogen and oxygen atoms in total. The maximum Gasteiger partial charge on any atom is 0.509 e. The largest absolute Gasteiger partial charge is 0.509 e. The third kappa shape index (κ3) is 2.74.